The molecule has 1 aromatic carbocycles. The highest BCUT2D eigenvalue weighted by Crippen LogP contribution is 2.15. The van der Waals surface area contributed by atoms with E-state index in [1.807, 2.05) is 12.1 Å². The highest BCUT2D eigenvalue weighted by atomic mass is 14.9. The van der Waals surface area contributed by atoms with Gasteiger partial charge in [-0.15, -0.1) is 0 Å². The number of hydrogen-bond acceptors (Lipinski definition) is 1. The molecule has 0 aliphatic heterocycles. The number of rotatable bonds is 1. The van der Waals surface area contributed by atoms with E-state index in [-0.39, 0.29) is 0 Å². The molecular formula is C10H12N2. The van der Waals surface area contributed by atoms with Crippen molar-refractivity contribution in [1.29, 1.82) is 0 Å². The molecule has 0 unspecified atom stereocenters. The van der Waals surface area contributed by atoms with Gasteiger partial charge in [-0.3, -0.25) is 0 Å². The third-order valence-electron chi connectivity index (χ3n) is 1.88. The number of benzene rings is 1. The van der Waals surface area contributed by atoms with E-state index < -0.39 is 0 Å². The quantitative estimate of drug-likeness (QED) is 0.686. The summed E-state index contributed by atoms with van der Waals surface area (Å²) in [6.07, 6.45) is 0. The molecule has 0 fully saturated rings. The van der Waals surface area contributed by atoms with Gasteiger partial charge >= 0.3 is 0 Å². The lowest BCUT2D eigenvalue weighted by Gasteiger charge is -1.95. The van der Waals surface area contributed by atoms with E-state index in [0.717, 1.165) is 16.9 Å². The van der Waals surface area contributed by atoms with Crippen LogP contribution in [0.15, 0.2) is 24.2 Å². The molecule has 2 aromatic rings. The monoisotopic (exact) mass is 162 g/mol. The Hall–Kier alpha value is -1.31. The first kappa shape index (κ1) is 6.23. The molecule has 12 heavy (non-hydrogen) atoms. The van der Waals surface area contributed by atoms with Gasteiger partial charge in [-0.2, -0.15) is 0 Å². The van der Waals surface area contributed by atoms with Crippen LogP contribution in [-0.4, -0.2) is 9.97 Å². The Morgan fingerprint density at radius 1 is 1.50 bits per heavy atom. The molecule has 1 aromatic heterocycles. The zero-order chi connectivity index (χ0) is 9.42. The second kappa shape index (κ2) is 2.63. The topological polar surface area (TPSA) is 28.7 Å². The summed E-state index contributed by atoms with van der Waals surface area (Å²) in [6.45, 7) is 4.17. The number of fused-ring (bicyclic) bond motifs is 1. The van der Waals surface area contributed by atoms with Crippen molar-refractivity contribution in [2.75, 3.05) is 0 Å². The molecule has 0 aliphatic rings. The van der Waals surface area contributed by atoms with Crippen LogP contribution >= 0.6 is 0 Å². The number of aromatic nitrogens is 2. The van der Waals surface area contributed by atoms with Gasteiger partial charge in [0.05, 0.1) is 12.4 Å². The summed E-state index contributed by atoms with van der Waals surface area (Å²) >= 11 is 0. The minimum absolute atomic E-state index is 0.381. The van der Waals surface area contributed by atoms with Gasteiger partial charge in [0.15, 0.2) is 0 Å². The first-order valence-electron chi connectivity index (χ1n) is 4.63. The second-order valence-electron chi connectivity index (χ2n) is 3.21. The highest BCUT2D eigenvalue weighted by Gasteiger charge is 2.04. The van der Waals surface area contributed by atoms with Crippen LogP contribution < -0.4 is 0 Å². The summed E-state index contributed by atoms with van der Waals surface area (Å²) in [4.78, 5) is 7.57. The van der Waals surface area contributed by atoms with Crippen molar-refractivity contribution in [1.82, 2.24) is 9.97 Å². The summed E-state index contributed by atoms with van der Waals surface area (Å²) < 4.78 is 7.64. The van der Waals surface area contributed by atoms with E-state index >= 15 is 0 Å². The number of hydrogen-bond donors (Lipinski definition) is 1. The van der Waals surface area contributed by atoms with Crippen molar-refractivity contribution < 1.29 is 1.37 Å². The van der Waals surface area contributed by atoms with Crippen LogP contribution in [0.2, 0.25) is 0 Å². The average molecular weight is 162 g/mol. The van der Waals surface area contributed by atoms with Gasteiger partial charge in [0.25, 0.3) is 0 Å². The maximum Gasteiger partial charge on any atom is 0.109 e. The van der Waals surface area contributed by atoms with Crippen molar-refractivity contribution in [2.24, 2.45) is 0 Å². The summed E-state index contributed by atoms with van der Waals surface area (Å²) in [5, 5.41) is 0. The van der Waals surface area contributed by atoms with Crippen molar-refractivity contribution in [3.05, 3.63) is 30.1 Å². The van der Waals surface area contributed by atoms with Gasteiger partial charge in [-0.25, -0.2) is 4.98 Å². The largest absolute Gasteiger partial charge is 0.342 e. The van der Waals surface area contributed by atoms with Crippen LogP contribution in [0.1, 0.15) is 27.0 Å². The molecule has 0 amide bonds. The summed E-state index contributed by atoms with van der Waals surface area (Å²) in [5.74, 6) is 1.33. The van der Waals surface area contributed by atoms with E-state index in [2.05, 4.69) is 23.8 Å². The van der Waals surface area contributed by atoms with Crippen LogP contribution in [0.3, 0.4) is 0 Å². The first-order chi connectivity index (χ1) is 6.18. The Morgan fingerprint density at radius 3 is 3.00 bits per heavy atom. The third kappa shape index (κ3) is 1.09. The zero-order valence-corrected chi connectivity index (χ0v) is 7.26. The van der Waals surface area contributed by atoms with Crippen LogP contribution in [0.5, 0.6) is 0 Å². The summed E-state index contributed by atoms with van der Waals surface area (Å²) in [7, 11) is 0. The van der Waals surface area contributed by atoms with E-state index in [1.54, 1.807) is 6.07 Å². The molecule has 1 heterocycles. The Bertz CT molecular complexity index is 431. The lowest BCUT2D eigenvalue weighted by Crippen LogP contribution is -1.88. The molecule has 0 aliphatic carbocycles. The van der Waals surface area contributed by atoms with Gasteiger partial charge in [-0.1, -0.05) is 26.0 Å². The van der Waals surface area contributed by atoms with Crippen molar-refractivity contribution in [3.63, 3.8) is 0 Å². The zero-order valence-electron chi connectivity index (χ0n) is 8.26. The van der Waals surface area contributed by atoms with Gasteiger partial charge in [0.2, 0.25) is 0 Å². The van der Waals surface area contributed by atoms with E-state index in [1.165, 1.54) is 0 Å². The van der Waals surface area contributed by atoms with Crippen LogP contribution in [0, 0.1) is 0 Å². The fourth-order valence-electron chi connectivity index (χ4n) is 1.18. The molecule has 0 saturated heterocycles. The van der Waals surface area contributed by atoms with Crippen LogP contribution in [0.25, 0.3) is 11.0 Å². The molecular weight excluding hydrogens is 148 g/mol. The lowest BCUT2D eigenvalue weighted by molar-refractivity contribution is 0.799. The summed E-state index contributed by atoms with van der Waals surface area (Å²) in [5.41, 5.74) is 1.72. The second-order valence-corrected chi connectivity index (χ2v) is 3.21. The number of nitrogens with zero attached hydrogens (tertiary/aromatic N) is 1. The molecule has 0 radical (unpaired) electrons. The number of para-hydroxylation sites is 2. The maximum absolute atomic E-state index is 7.64. The number of aromatic amines is 1. The Balaban J connectivity index is 2.68. The number of nitrogens with one attached hydrogen (secondary N) is 1. The maximum atomic E-state index is 7.64. The molecule has 0 saturated carbocycles. The predicted molar refractivity (Wildman–Crippen MR) is 50.2 cm³/mol. The van der Waals surface area contributed by atoms with E-state index in [9.17, 15) is 0 Å². The van der Waals surface area contributed by atoms with Crippen molar-refractivity contribution >= 4 is 11.0 Å². The molecule has 0 bridgehead atoms. The van der Waals surface area contributed by atoms with E-state index in [0.29, 0.717) is 12.0 Å². The molecule has 0 atom stereocenters. The predicted octanol–water partition coefficient (Wildman–Crippen LogP) is 2.69. The molecule has 2 nitrogen and oxygen atoms in total. The van der Waals surface area contributed by atoms with E-state index in [4.69, 9.17) is 1.37 Å². The molecule has 2 rings (SSSR count). The number of H-pyrrole nitrogens is 1. The normalized spacial score (nSPS) is 12.4. The van der Waals surface area contributed by atoms with Gasteiger partial charge < -0.3 is 4.98 Å². The van der Waals surface area contributed by atoms with Gasteiger partial charge in [0, 0.05) is 5.92 Å². The summed E-state index contributed by atoms with van der Waals surface area (Å²) in [6, 6.07) is 6.06. The van der Waals surface area contributed by atoms with Crippen molar-refractivity contribution in [3.8, 4) is 0 Å². The minimum Gasteiger partial charge on any atom is -0.342 e. The first-order valence-corrected chi connectivity index (χ1v) is 4.13. The molecule has 0 spiro atoms. The van der Waals surface area contributed by atoms with Gasteiger partial charge in [-0.05, 0) is 12.1 Å². The molecule has 1 N–H and O–H groups in total. The number of imidazole rings is 1. The standard InChI is InChI=1S/C10H12N2/c1-7(2)10-11-8-5-3-4-6-9(8)12-10/h3-7H,1-2H3,(H,11,12)/i5T. The highest BCUT2D eigenvalue weighted by molar-refractivity contribution is 5.74. The fraction of sp³-hybridized carbons (Fsp3) is 0.300. The minimum atomic E-state index is 0.381. The Labute approximate surface area is 73.0 Å². The third-order valence-corrected chi connectivity index (χ3v) is 1.88. The Morgan fingerprint density at radius 2 is 2.33 bits per heavy atom. The molecule has 62 valence electrons. The van der Waals surface area contributed by atoms with Crippen molar-refractivity contribution in [2.45, 2.75) is 19.8 Å². The smallest absolute Gasteiger partial charge is 0.109 e. The molecule has 2 heteroatoms. The lowest BCUT2D eigenvalue weighted by atomic mass is 10.2. The SMILES string of the molecule is [3H]c1cccc2[nH]c(C(C)C)nc12. The fourth-order valence-corrected chi connectivity index (χ4v) is 1.18. The Kier molecular flexibility index (Phi) is 1.36. The average Bonchev–Trinajstić information content (AvgIpc) is 2.49. The van der Waals surface area contributed by atoms with Gasteiger partial charge in [0.1, 0.15) is 5.82 Å². The van der Waals surface area contributed by atoms with Crippen LogP contribution in [-0.2, 0) is 0 Å². The van der Waals surface area contributed by atoms with Crippen LogP contribution in [0.4, 0.5) is 0 Å².